The van der Waals surface area contributed by atoms with Gasteiger partial charge in [-0.25, -0.2) is 0 Å². The van der Waals surface area contributed by atoms with Crippen molar-refractivity contribution in [1.82, 2.24) is 9.78 Å². The minimum atomic E-state index is -0.0342. The van der Waals surface area contributed by atoms with Gasteiger partial charge in [-0.3, -0.25) is 9.48 Å². The first-order chi connectivity index (χ1) is 8.54. The Kier molecular flexibility index (Phi) is 4.02. The van der Waals surface area contributed by atoms with Crippen molar-refractivity contribution in [3.8, 4) is 0 Å². The van der Waals surface area contributed by atoms with Crippen LogP contribution in [0.15, 0.2) is 33.3 Å². The largest absolute Gasteiger partial charge is 0.287 e. The number of nitrogens with zero attached hydrogens (tertiary/aromatic N) is 2. The summed E-state index contributed by atoms with van der Waals surface area (Å²) in [4.78, 5) is 12.5. The van der Waals surface area contributed by atoms with E-state index in [1.165, 1.54) is 0 Å². The van der Waals surface area contributed by atoms with Crippen LogP contribution in [0.4, 0.5) is 0 Å². The van der Waals surface area contributed by atoms with Crippen LogP contribution >= 0.6 is 31.9 Å². The number of ketones is 1. The highest BCUT2D eigenvalue weighted by molar-refractivity contribution is 9.10. The number of hydrogen-bond acceptors (Lipinski definition) is 2. The molecule has 0 saturated heterocycles. The summed E-state index contributed by atoms with van der Waals surface area (Å²) in [6, 6.07) is 5.70. The van der Waals surface area contributed by atoms with Crippen molar-refractivity contribution in [2.75, 3.05) is 0 Å². The molecule has 0 fully saturated rings. The number of carbonyl (C=O) groups is 1. The fourth-order valence-electron chi connectivity index (χ4n) is 1.76. The van der Waals surface area contributed by atoms with Crippen LogP contribution in [0.2, 0.25) is 0 Å². The summed E-state index contributed by atoms with van der Waals surface area (Å²) >= 11 is 6.81. The molecule has 0 aliphatic heterocycles. The van der Waals surface area contributed by atoms with Gasteiger partial charge in [0.2, 0.25) is 5.78 Å². The number of hydrogen-bond donors (Lipinski definition) is 0. The maximum absolute atomic E-state index is 12.5. The maximum Gasteiger partial charge on any atom is 0.213 e. The molecule has 0 radical (unpaired) electrons. The smallest absolute Gasteiger partial charge is 0.213 e. The van der Waals surface area contributed by atoms with Crippen molar-refractivity contribution < 1.29 is 4.79 Å². The summed E-state index contributed by atoms with van der Waals surface area (Å²) in [6.45, 7) is 4.61. The Morgan fingerprint density at radius 1 is 1.33 bits per heavy atom. The average molecular weight is 372 g/mol. The lowest BCUT2D eigenvalue weighted by Gasteiger charge is -2.07. The lowest BCUT2D eigenvalue weighted by molar-refractivity contribution is 0.102. The molecule has 0 amide bonds. The van der Waals surface area contributed by atoms with Crippen molar-refractivity contribution >= 4 is 37.6 Å². The third kappa shape index (κ3) is 2.42. The molecule has 1 aromatic heterocycles. The summed E-state index contributed by atoms with van der Waals surface area (Å²) in [5.41, 5.74) is 2.35. The molecule has 5 heteroatoms. The molecular weight excluding hydrogens is 360 g/mol. The summed E-state index contributed by atoms with van der Waals surface area (Å²) in [5, 5.41) is 4.16. The first-order valence-electron chi connectivity index (χ1n) is 5.56. The van der Waals surface area contributed by atoms with Gasteiger partial charge in [0, 0.05) is 16.6 Å². The predicted molar refractivity (Wildman–Crippen MR) is 77.9 cm³/mol. The summed E-state index contributed by atoms with van der Waals surface area (Å²) in [7, 11) is 0. The third-order valence-electron chi connectivity index (χ3n) is 2.68. The van der Waals surface area contributed by atoms with Crippen LogP contribution < -0.4 is 0 Å². The van der Waals surface area contributed by atoms with Crippen LogP contribution in [0.1, 0.15) is 28.5 Å². The molecule has 0 aliphatic rings. The lowest BCUT2D eigenvalue weighted by atomic mass is 10.1. The topological polar surface area (TPSA) is 34.9 Å². The zero-order valence-corrected chi connectivity index (χ0v) is 13.2. The Hall–Kier alpha value is -0.940. The fourth-order valence-corrected chi connectivity index (χ4v) is 2.91. The van der Waals surface area contributed by atoms with Gasteiger partial charge in [0.25, 0.3) is 0 Å². The molecule has 18 heavy (non-hydrogen) atoms. The minimum absolute atomic E-state index is 0.0342. The van der Waals surface area contributed by atoms with Crippen LogP contribution in [0.5, 0.6) is 0 Å². The Morgan fingerprint density at radius 3 is 2.67 bits per heavy atom. The molecule has 0 aliphatic carbocycles. The first kappa shape index (κ1) is 13.5. The lowest BCUT2D eigenvalue weighted by Crippen LogP contribution is -2.11. The van der Waals surface area contributed by atoms with E-state index in [1.807, 2.05) is 32.0 Å². The summed E-state index contributed by atoms with van der Waals surface area (Å²) in [5.74, 6) is -0.0342. The molecule has 1 aromatic carbocycles. The highest BCUT2D eigenvalue weighted by Gasteiger charge is 2.20. The van der Waals surface area contributed by atoms with E-state index >= 15 is 0 Å². The van der Waals surface area contributed by atoms with Crippen molar-refractivity contribution in [1.29, 1.82) is 0 Å². The highest BCUT2D eigenvalue weighted by Crippen LogP contribution is 2.25. The SMILES string of the molecule is CCn1ncc(Br)c1C(=O)c1ccc(C)cc1Br. The molecule has 3 nitrogen and oxygen atoms in total. The van der Waals surface area contributed by atoms with Gasteiger partial charge in [0.05, 0.1) is 10.7 Å². The quantitative estimate of drug-likeness (QED) is 0.765. The second-order valence-corrected chi connectivity index (χ2v) is 5.68. The van der Waals surface area contributed by atoms with E-state index in [0.717, 1.165) is 14.5 Å². The Morgan fingerprint density at radius 2 is 2.06 bits per heavy atom. The zero-order valence-electron chi connectivity index (χ0n) is 10.1. The number of aryl methyl sites for hydroxylation is 2. The van der Waals surface area contributed by atoms with Crippen molar-refractivity contribution in [2.45, 2.75) is 20.4 Å². The third-order valence-corrected chi connectivity index (χ3v) is 3.92. The van der Waals surface area contributed by atoms with Gasteiger partial charge in [-0.05, 0) is 47.5 Å². The molecule has 0 N–H and O–H groups in total. The molecule has 0 unspecified atom stereocenters. The average Bonchev–Trinajstić information content (AvgIpc) is 2.69. The Labute approximate surface area is 122 Å². The van der Waals surface area contributed by atoms with Crippen molar-refractivity contribution in [3.63, 3.8) is 0 Å². The van der Waals surface area contributed by atoms with E-state index in [2.05, 4.69) is 37.0 Å². The Balaban J connectivity index is 2.51. The maximum atomic E-state index is 12.5. The monoisotopic (exact) mass is 370 g/mol. The molecular formula is C13H12Br2N2O. The standard InChI is InChI=1S/C13H12Br2N2O/c1-3-17-12(11(15)7-16-17)13(18)9-5-4-8(2)6-10(9)14/h4-7H,3H2,1-2H3. The van der Waals surface area contributed by atoms with Gasteiger partial charge in [-0.15, -0.1) is 0 Å². The second-order valence-electron chi connectivity index (χ2n) is 3.97. The van der Waals surface area contributed by atoms with Crippen molar-refractivity contribution in [3.05, 3.63) is 50.2 Å². The number of rotatable bonds is 3. The molecule has 0 atom stereocenters. The van der Waals surface area contributed by atoms with Gasteiger partial charge < -0.3 is 0 Å². The fraction of sp³-hybridized carbons (Fsp3) is 0.231. The molecule has 0 spiro atoms. The minimum Gasteiger partial charge on any atom is -0.287 e. The van der Waals surface area contributed by atoms with Crippen LogP contribution in [0.3, 0.4) is 0 Å². The number of halogens is 2. The molecule has 1 heterocycles. The molecule has 2 aromatic rings. The van der Waals surface area contributed by atoms with Crippen LogP contribution in [0.25, 0.3) is 0 Å². The summed E-state index contributed by atoms with van der Waals surface area (Å²) < 4.78 is 3.23. The van der Waals surface area contributed by atoms with Gasteiger partial charge in [0.15, 0.2) is 0 Å². The number of benzene rings is 1. The van der Waals surface area contributed by atoms with Crippen LogP contribution in [-0.4, -0.2) is 15.6 Å². The van der Waals surface area contributed by atoms with Crippen molar-refractivity contribution in [2.24, 2.45) is 0 Å². The zero-order chi connectivity index (χ0) is 13.3. The molecule has 0 bridgehead atoms. The van der Waals surface area contributed by atoms with E-state index in [9.17, 15) is 4.79 Å². The normalized spacial score (nSPS) is 10.7. The summed E-state index contributed by atoms with van der Waals surface area (Å²) in [6.07, 6.45) is 1.65. The van der Waals surface area contributed by atoms with E-state index in [-0.39, 0.29) is 5.78 Å². The Bertz CT molecular complexity index is 605. The van der Waals surface area contributed by atoms with E-state index in [1.54, 1.807) is 10.9 Å². The predicted octanol–water partition coefficient (Wildman–Crippen LogP) is 3.97. The second kappa shape index (κ2) is 5.36. The molecule has 0 saturated carbocycles. The van der Waals surface area contributed by atoms with Gasteiger partial charge in [-0.1, -0.05) is 22.0 Å². The van der Waals surface area contributed by atoms with Gasteiger partial charge in [0.1, 0.15) is 5.69 Å². The van der Waals surface area contributed by atoms with Crippen LogP contribution in [-0.2, 0) is 6.54 Å². The van der Waals surface area contributed by atoms with Gasteiger partial charge in [-0.2, -0.15) is 5.10 Å². The number of carbonyl (C=O) groups excluding carboxylic acids is 1. The van der Waals surface area contributed by atoms with Gasteiger partial charge >= 0.3 is 0 Å². The van der Waals surface area contributed by atoms with Crippen LogP contribution in [0, 0.1) is 6.92 Å². The van der Waals surface area contributed by atoms with E-state index < -0.39 is 0 Å². The molecule has 2 rings (SSSR count). The first-order valence-corrected chi connectivity index (χ1v) is 7.15. The molecule has 94 valence electrons. The number of aromatic nitrogens is 2. The van der Waals surface area contributed by atoms with E-state index in [4.69, 9.17) is 0 Å². The highest BCUT2D eigenvalue weighted by atomic mass is 79.9. The van der Waals surface area contributed by atoms with E-state index in [0.29, 0.717) is 17.8 Å².